The van der Waals surface area contributed by atoms with Gasteiger partial charge in [-0.25, -0.2) is 4.98 Å². The smallest absolute Gasteiger partial charge is 0.242 e. The van der Waals surface area contributed by atoms with Gasteiger partial charge in [0.05, 0.1) is 7.11 Å². The molecule has 1 aromatic rings. The highest BCUT2D eigenvalue weighted by molar-refractivity contribution is 5.66. The Morgan fingerprint density at radius 1 is 1.53 bits per heavy atom. The second kappa shape index (κ2) is 5.18. The van der Waals surface area contributed by atoms with E-state index in [0.29, 0.717) is 17.4 Å². The second-order valence-corrected chi connectivity index (χ2v) is 4.27. The number of rotatable bonds is 4. The first-order valence-corrected chi connectivity index (χ1v) is 5.78. The van der Waals surface area contributed by atoms with Crippen molar-refractivity contribution in [3.05, 3.63) is 6.33 Å². The standard InChI is InChI=1S/C11H18N4O2/c1-17-11-9(12)10(13-6-14-11)15-8-4-2-3-7(8)5-16/h6-8,16H,2-5,12H2,1H3,(H,13,14,15). The van der Waals surface area contributed by atoms with Crippen molar-refractivity contribution in [2.24, 2.45) is 5.92 Å². The number of methoxy groups -OCH3 is 1. The number of ether oxygens (including phenoxy) is 1. The van der Waals surface area contributed by atoms with Crippen LogP contribution in [0.4, 0.5) is 11.5 Å². The maximum absolute atomic E-state index is 9.26. The van der Waals surface area contributed by atoms with Crippen LogP contribution in [-0.2, 0) is 0 Å². The van der Waals surface area contributed by atoms with Gasteiger partial charge in [-0.15, -0.1) is 0 Å². The van der Waals surface area contributed by atoms with Crippen molar-refractivity contribution in [1.29, 1.82) is 0 Å². The summed E-state index contributed by atoms with van der Waals surface area (Å²) in [7, 11) is 1.52. The van der Waals surface area contributed by atoms with Gasteiger partial charge in [-0.3, -0.25) is 0 Å². The fourth-order valence-corrected chi connectivity index (χ4v) is 2.28. The summed E-state index contributed by atoms with van der Waals surface area (Å²) in [6.45, 7) is 0.194. The third-order valence-corrected chi connectivity index (χ3v) is 3.26. The summed E-state index contributed by atoms with van der Waals surface area (Å²) in [4.78, 5) is 8.03. The van der Waals surface area contributed by atoms with Crippen molar-refractivity contribution in [2.75, 3.05) is 24.8 Å². The zero-order chi connectivity index (χ0) is 12.3. The summed E-state index contributed by atoms with van der Waals surface area (Å²) >= 11 is 0. The first-order chi connectivity index (χ1) is 8.26. The van der Waals surface area contributed by atoms with Crippen LogP contribution in [0.15, 0.2) is 6.33 Å². The number of aliphatic hydroxyl groups is 1. The second-order valence-electron chi connectivity index (χ2n) is 4.27. The Bertz CT molecular complexity index is 386. The van der Waals surface area contributed by atoms with Crippen LogP contribution in [0.5, 0.6) is 5.88 Å². The Balaban J connectivity index is 2.13. The van der Waals surface area contributed by atoms with Crippen molar-refractivity contribution in [3.8, 4) is 5.88 Å². The predicted octanol–water partition coefficient (Wildman–Crippen LogP) is 0.640. The quantitative estimate of drug-likeness (QED) is 0.712. The van der Waals surface area contributed by atoms with Gasteiger partial charge in [0.1, 0.15) is 12.0 Å². The molecule has 94 valence electrons. The Labute approximate surface area is 100 Å². The minimum absolute atomic E-state index is 0.194. The number of nitrogens with two attached hydrogens (primary N) is 1. The van der Waals surface area contributed by atoms with Crippen molar-refractivity contribution in [1.82, 2.24) is 9.97 Å². The molecule has 6 heteroatoms. The topological polar surface area (TPSA) is 93.3 Å². The van der Waals surface area contributed by atoms with E-state index < -0.39 is 0 Å². The van der Waals surface area contributed by atoms with E-state index in [1.54, 1.807) is 0 Å². The van der Waals surface area contributed by atoms with E-state index in [9.17, 15) is 5.11 Å². The predicted molar refractivity (Wildman–Crippen MR) is 64.8 cm³/mol. The fourth-order valence-electron chi connectivity index (χ4n) is 2.28. The fraction of sp³-hybridized carbons (Fsp3) is 0.636. The van der Waals surface area contributed by atoms with Gasteiger partial charge < -0.3 is 20.9 Å². The number of nitrogen functional groups attached to an aromatic ring is 1. The third kappa shape index (κ3) is 2.41. The molecule has 1 fully saturated rings. The number of nitrogens with one attached hydrogen (secondary N) is 1. The lowest BCUT2D eigenvalue weighted by molar-refractivity contribution is 0.222. The van der Waals surface area contributed by atoms with Gasteiger partial charge in [0.15, 0.2) is 5.82 Å². The van der Waals surface area contributed by atoms with Crippen molar-refractivity contribution in [3.63, 3.8) is 0 Å². The third-order valence-electron chi connectivity index (χ3n) is 3.26. The molecule has 1 heterocycles. The molecule has 1 aliphatic carbocycles. The van der Waals surface area contributed by atoms with Gasteiger partial charge in [-0.1, -0.05) is 6.42 Å². The van der Waals surface area contributed by atoms with Gasteiger partial charge in [-0.2, -0.15) is 4.98 Å². The van der Waals surface area contributed by atoms with Gasteiger partial charge >= 0.3 is 0 Å². The Morgan fingerprint density at radius 2 is 2.35 bits per heavy atom. The molecular formula is C11H18N4O2. The van der Waals surface area contributed by atoms with Crippen LogP contribution in [0, 0.1) is 5.92 Å². The first kappa shape index (κ1) is 11.9. The summed E-state index contributed by atoms with van der Waals surface area (Å²) in [5.74, 6) is 1.23. The number of nitrogens with zero attached hydrogens (tertiary/aromatic N) is 2. The molecule has 0 spiro atoms. The minimum atomic E-state index is 0.194. The highest BCUT2D eigenvalue weighted by Crippen LogP contribution is 2.31. The van der Waals surface area contributed by atoms with Crippen LogP contribution in [0.2, 0.25) is 0 Å². The molecule has 1 saturated carbocycles. The number of aliphatic hydroxyl groups excluding tert-OH is 1. The largest absolute Gasteiger partial charge is 0.479 e. The van der Waals surface area contributed by atoms with Gasteiger partial charge in [-0.05, 0) is 12.8 Å². The van der Waals surface area contributed by atoms with E-state index in [1.165, 1.54) is 13.4 Å². The number of aromatic nitrogens is 2. The Hall–Kier alpha value is -1.56. The molecule has 1 aromatic heterocycles. The lowest BCUT2D eigenvalue weighted by Crippen LogP contribution is -2.27. The van der Waals surface area contributed by atoms with E-state index >= 15 is 0 Å². The molecule has 6 nitrogen and oxygen atoms in total. The Morgan fingerprint density at radius 3 is 3.06 bits per heavy atom. The molecule has 0 aliphatic heterocycles. The van der Waals surface area contributed by atoms with E-state index in [1.807, 2.05) is 0 Å². The van der Waals surface area contributed by atoms with Crippen LogP contribution in [0.25, 0.3) is 0 Å². The van der Waals surface area contributed by atoms with Gasteiger partial charge in [0, 0.05) is 18.6 Å². The molecule has 2 unspecified atom stereocenters. The molecular weight excluding hydrogens is 220 g/mol. The summed E-state index contributed by atoms with van der Waals surface area (Å²) in [5, 5.41) is 12.5. The summed E-state index contributed by atoms with van der Waals surface area (Å²) in [6, 6.07) is 0.224. The van der Waals surface area contributed by atoms with Crippen LogP contribution < -0.4 is 15.8 Å². The number of hydrogen-bond donors (Lipinski definition) is 3. The molecule has 2 rings (SSSR count). The molecule has 0 aromatic carbocycles. The van der Waals surface area contributed by atoms with E-state index in [-0.39, 0.29) is 18.6 Å². The van der Waals surface area contributed by atoms with Crippen molar-refractivity contribution >= 4 is 11.5 Å². The van der Waals surface area contributed by atoms with Crippen molar-refractivity contribution < 1.29 is 9.84 Å². The Kier molecular flexibility index (Phi) is 3.63. The van der Waals surface area contributed by atoms with E-state index in [2.05, 4.69) is 15.3 Å². The first-order valence-electron chi connectivity index (χ1n) is 5.78. The lowest BCUT2D eigenvalue weighted by atomic mass is 10.1. The average Bonchev–Trinajstić information content (AvgIpc) is 2.79. The van der Waals surface area contributed by atoms with Crippen LogP contribution in [-0.4, -0.2) is 34.8 Å². The van der Waals surface area contributed by atoms with E-state index in [0.717, 1.165) is 19.3 Å². The number of hydrogen-bond acceptors (Lipinski definition) is 6. The minimum Gasteiger partial charge on any atom is -0.479 e. The van der Waals surface area contributed by atoms with E-state index in [4.69, 9.17) is 10.5 Å². The molecule has 2 atom stereocenters. The highest BCUT2D eigenvalue weighted by atomic mass is 16.5. The molecule has 0 saturated heterocycles. The van der Waals surface area contributed by atoms with Crippen LogP contribution in [0.3, 0.4) is 0 Å². The summed E-state index contributed by atoms with van der Waals surface area (Å²) < 4.78 is 5.04. The molecule has 0 bridgehead atoms. The monoisotopic (exact) mass is 238 g/mol. The summed E-state index contributed by atoms with van der Waals surface area (Å²) in [5.41, 5.74) is 6.30. The molecule has 0 amide bonds. The van der Waals surface area contributed by atoms with Crippen LogP contribution >= 0.6 is 0 Å². The maximum Gasteiger partial charge on any atom is 0.242 e. The maximum atomic E-state index is 9.26. The lowest BCUT2D eigenvalue weighted by Gasteiger charge is -2.20. The average molecular weight is 238 g/mol. The van der Waals surface area contributed by atoms with Crippen LogP contribution in [0.1, 0.15) is 19.3 Å². The molecule has 0 radical (unpaired) electrons. The van der Waals surface area contributed by atoms with Gasteiger partial charge in [0.25, 0.3) is 0 Å². The molecule has 4 N–H and O–H groups in total. The summed E-state index contributed by atoms with van der Waals surface area (Å²) in [6.07, 6.45) is 4.60. The molecule has 17 heavy (non-hydrogen) atoms. The van der Waals surface area contributed by atoms with Gasteiger partial charge in [0.2, 0.25) is 5.88 Å². The van der Waals surface area contributed by atoms with Crippen molar-refractivity contribution in [2.45, 2.75) is 25.3 Å². The normalized spacial score (nSPS) is 23.6. The number of anilines is 2. The zero-order valence-electron chi connectivity index (χ0n) is 9.89. The SMILES string of the molecule is COc1ncnc(NC2CCCC2CO)c1N. The zero-order valence-corrected chi connectivity index (χ0v) is 9.89. The molecule has 1 aliphatic rings. The highest BCUT2D eigenvalue weighted by Gasteiger charge is 2.27.